The molecule has 1 amide bonds. The Morgan fingerprint density at radius 1 is 1.08 bits per heavy atom. The van der Waals surface area contributed by atoms with Crippen molar-refractivity contribution in [1.29, 1.82) is 0 Å². The smallest absolute Gasteiger partial charge is 0.251 e. The van der Waals surface area contributed by atoms with E-state index in [2.05, 4.69) is 60.5 Å². The number of rotatable bonds is 9. The molecule has 1 aromatic rings. The third-order valence-corrected chi connectivity index (χ3v) is 4.20. The Labute approximate surface area is 158 Å². The Hall–Kier alpha value is -2.08. The average molecular weight is 362 g/mol. The number of hydrogen-bond donors (Lipinski definition) is 3. The summed E-state index contributed by atoms with van der Waals surface area (Å²) in [6.07, 6.45) is 0. The summed E-state index contributed by atoms with van der Waals surface area (Å²) < 4.78 is 0. The lowest BCUT2D eigenvalue weighted by atomic mass is 10.1. The lowest BCUT2D eigenvalue weighted by Crippen LogP contribution is -2.45. The summed E-state index contributed by atoms with van der Waals surface area (Å²) in [7, 11) is 1.63. The normalized spacial score (nSPS) is 12.0. The van der Waals surface area contributed by atoms with Gasteiger partial charge in [0.05, 0.1) is 6.54 Å². The average Bonchev–Trinajstić information content (AvgIpc) is 2.62. The zero-order chi connectivity index (χ0) is 19.5. The van der Waals surface area contributed by atoms with Crippen molar-refractivity contribution in [2.24, 2.45) is 4.99 Å². The first kappa shape index (κ1) is 22.0. The van der Waals surface area contributed by atoms with Crippen LogP contribution in [0.5, 0.6) is 0 Å². The van der Waals surface area contributed by atoms with Crippen LogP contribution in [0.4, 0.5) is 0 Å². The van der Waals surface area contributed by atoms with Crippen molar-refractivity contribution in [1.82, 2.24) is 20.9 Å². The molecule has 6 heteroatoms. The molecule has 0 fully saturated rings. The molecule has 6 nitrogen and oxygen atoms in total. The zero-order valence-electron chi connectivity index (χ0n) is 17.1. The highest BCUT2D eigenvalue weighted by Crippen LogP contribution is 2.06. The molecule has 0 saturated heterocycles. The van der Waals surface area contributed by atoms with E-state index in [0.29, 0.717) is 24.2 Å². The molecule has 1 rings (SSSR count). The molecular weight excluding hydrogens is 326 g/mol. The van der Waals surface area contributed by atoms with Gasteiger partial charge in [0, 0.05) is 44.3 Å². The molecule has 0 bridgehead atoms. The highest BCUT2D eigenvalue weighted by molar-refractivity contribution is 5.93. The van der Waals surface area contributed by atoms with Crippen LogP contribution in [0.15, 0.2) is 29.3 Å². The molecule has 0 unspecified atom stereocenters. The van der Waals surface area contributed by atoms with Gasteiger partial charge < -0.3 is 16.0 Å². The number of carbonyl (C=O) groups is 1. The second-order valence-corrected chi connectivity index (χ2v) is 6.82. The van der Waals surface area contributed by atoms with E-state index in [1.165, 1.54) is 0 Å². The van der Waals surface area contributed by atoms with E-state index in [9.17, 15) is 4.79 Å². The van der Waals surface area contributed by atoms with Crippen LogP contribution < -0.4 is 16.0 Å². The number of guanidine groups is 1. The van der Waals surface area contributed by atoms with Crippen LogP contribution >= 0.6 is 0 Å². The van der Waals surface area contributed by atoms with Crippen LogP contribution in [0.25, 0.3) is 0 Å². The van der Waals surface area contributed by atoms with Crippen molar-refractivity contribution in [3.05, 3.63) is 35.4 Å². The maximum atomic E-state index is 11.6. The Kier molecular flexibility index (Phi) is 9.73. The van der Waals surface area contributed by atoms with Gasteiger partial charge in [-0.3, -0.25) is 9.69 Å². The first-order valence-corrected chi connectivity index (χ1v) is 9.48. The van der Waals surface area contributed by atoms with Gasteiger partial charge in [-0.25, -0.2) is 4.99 Å². The minimum Gasteiger partial charge on any atom is -0.357 e. The minimum absolute atomic E-state index is 0.0742. The van der Waals surface area contributed by atoms with Gasteiger partial charge in [0.1, 0.15) is 0 Å². The second kappa shape index (κ2) is 11.5. The van der Waals surface area contributed by atoms with Gasteiger partial charge in [0.2, 0.25) is 0 Å². The molecule has 0 aliphatic rings. The monoisotopic (exact) mass is 361 g/mol. The Morgan fingerprint density at radius 3 is 2.19 bits per heavy atom. The van der Waals surface area contributed by atoms with E-state index >= 15 is 0 Å². The number of carbonyl (C=O) groups excluding carboxylic acids is 1. The van der Waals surface area contributed by atoms with E-state index in [0.717, 1.165) is 31.2 Å². The van der Waals surface area contributed by atoms with Crippen LogP contribution in [-0.2, 0) is 6.54 Å². The van der Waals surface area contributed by atoms with Gasteiger partial charge in [0.15, 0.2) is 5.96 Å². The fourth-order valence-corrected chi connectivity index (χ4v) is 2.83. The molecule has 0 heterocycles. The summed E-state index contributed by atoms with van der Waals surface area (Å²) in [5, 5.41) is 9.31. The van der Waals surface area contributed by atoms with Crippen molar-refractivity contribution < 1.29 is 4.79 Å². The van der Waals surface area contributed by atoms with Crippen LogP contribution in [-0.4, -0.2) is 55.5 Å². The summed E-state index contributed by atoms with van der Waals surface area (Å²) in [5.74, 6) is 0.741. The van der Waals surface area contributed by atoms with Gasteiger partial charge in [-0.2, -0.15) is 0 Å². The Morgan fingerprint density at radius 2 is 1.69 bits per heavy atom. The lowest BCUT2D eigenvalue weighted by molar-refractivity contribution is 0.0963. The molecule has 0 aromatic heterocycles. The first-order valence-electron chi connectivity index (χ1n) is 9.48. The summed E-state index contributed by atoms with van der Waals surface area (Å²) in [6, 6.07) is 8.58. The summed E-state index contributed by atoms with van der Waals surface area (Å²) in [4.78, 5) is 18.7. The first-order chi connectivity index (χ1) is 12.4. The third-order valence-electron chi connectivity index (χ3n) is 4.20. The van der Waals surface area contributed by atoms with Gasteiger partial charge in [-0.05, 0) is 52.3 Å². The van der Waals surface area contributed by atoms with E-state index in [4.69, 9.17) is 0 Å². The predicted octanol–water partition coefficient (Wildman–Crippen LogP) is 2.22. The molecule has 0 aliphatic carbocycles. The van der Waals surface area contributed by atoms with E-state index in [1.807, 2.05) is 24.3 Å². The van der Waals surface area contributed by atoms with Crippen molar-refractivity contribution >= 4 is 11.9 Å². The van der Waals surface area contributed by atoms with Crippen molar-refractivity contribution in [2.45, 2.75) is 53.2 Å². The highest BCUT2D eigenvalue weighted by atomic mass is 16.1. The number of hydrogen-bond acceptors (Lipinski definition) is 3. The molecule has 1 aromatic carbocycles. The van der Waals surface area contributed by atoms with Crippen molar-refractivity contribution in [2.75, 3.05) is 26.7 Å². The van der Waals surface area contributed by atoms with Crippen molar-refractivity contribution in [3.63, 3.8) is 0 Å². The molecule has 0 saturated carbocycles. The topological polar surface area (TPSA) is 68.8 Å². The Bertz CT molecular complexity index is 558. The number of nitrogens with zero attached hydrogens (tertiary/aromatic N) is 2. The largest absolute Gasteiger partial charge is 0.357 e. The maximum Gasteiger partial charge on any atom is 0.251 e. The van der Waals surface area contributed by atoms with Gasteiger partial charge in [-0.1, -0.05) is 12.1 Å². The van der Waals surface area contributed by atoms with E-state index in [-0.39, 0.29) is 5.91 Å². The van der Waals surface area contributed by atoms with E-state index < -0.39 is 0 Å². The third kappa shape index (κ3) is 7.44. The van der Waals surface area contributed by atoms with Gasteiger partial charge in [0.25, 0.3) is 5.91 Å². The quantitative estimate of drug-likeness (QED) is 0.466. The molecular formula is C20H35N5O. The standard InChI is InChI=1S/C20H35N5O/c1-7-22-20(23-12-13-25(15(2)3)16(4)5)24-14-17-8-10-18(11-9-17)19(26)21-6/h8-11,15-16H,7,12-14H2,1-6H3,(H,21,26)(H2,22,23,24). The molecule has 0 spiro atoms. The van der Waals surface area contributed by atoms with Crippen LogP contribution in [0.2, 0.25) is 0 Å². The van der Waals surface area contributed by atoms with Crippen LogP contribution in [0, 0.1) is 0 Å². The summed E-state index contributed by atoms with van der Waals surface area (Å²) in [5.41, 5.74) is 1.73. The molecule has 0 atom stereocenters. The highest BCUT2D eigenvalue weighted by Gasteiger charge is 2.12. The molecule has 0 radical (unpaired) electrons. The fraction of sp³-hybridized carbons (Fsp3) is 0.600. The Balaban J connectivity index is 2.61. The predicted molar refractivity (Wildman–Crippen MR) is 110 cm³/mol. The second-order valence-electron chi connectivity index (χ2n) is 6.82. The van der Waals surface area contributed by atoms with Crippen LogP contribution in [0.1, 0.15) is 50.5 Å². The number of amides is 1. The van der Waals surface area contributed by atoms with Gasteiger partial charge in [-0.15, -0.1) is 0 Å². The molecule has 26 heavy (non-hydrogen) atoms. The minimum atomic E-state index is -0.0742. The SMILES string of the molecule is CCNC(=NCc1ccc(C(=O)NC)cc1)NCCN(C(C)C)C(C)C. The number of aliphatic imine (C=N–C) groups is 1. The zero-order valence-corrected chi connectivity index (χ0v) is 17.1. The molecule has 146 valence electrons. The molecule has 0 aliphatic heterocycles. The lowest BCUT2D eigenvalue weighted by Gasteiger charge is -2.30. The maximum absolute atomic E-state index is 11.6. The molecule has 3 N–H and O–H groups in total. The fourth-order valence-electron chi connectivity index (χ4n) is 2.83. The van der Waals surface area contributed by atoms with Crippen LogP contribution in [0.3, 0.4) is 0 Å². The van der Waals surface area contributed by atoms with Gasteiger partial charge >= 0.3 is 0 Å². The number of benzene rings is 1. The van der Waals surface area contributed by atoms with E-state index in [1.54, 1.807) is 7.05 Å². The number of nitrogens with one attached hydrogen (secondary N) is 3. The summed E-state index contributed by atoms with van der Waals surface area (Å²) >= 11 is 0. The summed E-state index contributed by atoms with van der Waals surface area (Å²) in [6.45, 7) is 14.2. The van der Waals surface area contributed by atoms with Crippen molar-refractivity contribution in [3.8, 4) is 0 Å².